The smallest absolute Gasteiger partial charge is 0.270 e. The molecule has 0 fully saturated rings. The van der Waals surface area contributed by atoms with Gasteiger partial charge in [-0.05, 0) is 35.6 Å². The molecule has 0 atom stereocenters. The maximum atomic E-state index is 12.4. The minimum atomic E-state index is -0.195. The van der Waals surface area contributed by atoms with Crippen molar-refractivity contribution in [3.05, 3.63) is 77.6 Å². The van der Waals surface area contributed by atoms with Crippen molar-refractivity contribution in [1.29, 1.82) is 0 Å². The number of nitrogens with one attached hydrogen (secondary N) is 2. The molecule has 3 rings (SSSR count). The number of fused-ring (bicyclic) bond motifs is 1. The summed E-state index contributed by atoms with van der Waals surface area (Å²) in [5, 5.41) is 7.33. The lowest BCUT2D eigenvalue weighted by Crippen LogP contribution is -2.26. The maximum Gasteiger partial charge on any atom is 0.270 e. The molecule has 0 unspecified atom stereocenters. The average molecular weight is 333 g/mol. The Bertz CT molecular complexity index is 916. The number of amides is 2. The van der Waals surface area contributed by atoms with Gasteiger partial charge in [0.05, 0.1) is 0 Å². The van der Waals surface area contributed by atoms with E-state index >= 15 is 0 Å². The van der Waals surface area contributed by atoms with Gasteiger partial charge in [0, 0.05) is 30.7 Å². The van der Waals surface area contributed by atoms with Crippen LogP contribution < -0.4 is 10.6 Å². The van der Waals surface area contributed by atoms with Gasteiger partial charge in [-0.1, -0.05) is 36.4 Å². The molecule has 0 aliphatic heterocycles. The topological polar surface area (TPSA) is 71.1 Å². The van der Waals surface area contributed by atoms with Crippen LogP contribution in [-0.2, 0) is 6.42 Å². The Morgan fingerprint density at radius 2 is 1.84 bits per heavy atom. The first-order valence-electron chi connectivity index (χ1n) is 8.12. The number of pyridine rings is 1. The molecule has 1 heterocycles. The van der Waals surface area contributed by atoms with Gasteiger partial charge < -0.3 is 10.6 Å². The summed E-state index contributed by atoms with van der Waals surface area (Å²) < 4.78 is 0. The van der Waals surface area contributed by atoms with Crippen LogP contribution in [0.15, 0.2) is 60.8 Å². The zero-order valence-electron chi connectivity index (χ0n) is 14.0. The monoisotopic (exact) mass is 333 g/mol. The number of hydrogen-bond acceptors (Lipinski definition) is 3. The van der Waals surface area contributed by atoms with E-state index < -0.39 is 0 Å². The number of carbonyl (C=O) groups excluding carboxylic acids is 2. The molecule has 2 N–H and O–H groups in total. The van der Waals surface area contributed by atoms with Crippen LogP contribution in [0, 0.1) is 0 Å². The normalized spacial score (nSPS) is 10.4. The van der Waals surface area contributed by atoms with Crippen LogP contribution in [0.25, 0.3) is 10.8 Å². The lowest BCUT2D eigenvalue weighted by molar-refractivity contribution is 0.0946. The van der Waals surface area contributed by atoms with Gasteiger partial charge in [-0.2, -0.15) is 0 Å². The lowest BCUT2D eigenvalue weighted by Gasteiger charge is -2.08. The first kappa shape index (κ1) is 16.6. The molecular formula is C20H19N3O2. The summed E-state index contributed by atoms with van der Waals surface area (Å²) in [6.07, 6.45) is 2.28. The SMILES string of the molecule is CNC(=O)c1cccc(CCNC(=O)c2nccc3ccccc23)c1. The average Bonchev–Trinajstić information content (AvgIpc) is 2.67. The van der Waals surface area contributed by atoms with E-state index in [1.54, 1.807) is 19.3 Å². The Balaban J connectivity index is 1.66. The van der Waals surface area contributed by atoms with Gasteiger partial charge in [0.1, 0.15) is 5.69 Å². The van der Waals surface area contributed by atoms with Crippen molar-refractivity contribution in [1.82, 2.24) is 15.6 Å². The molecule has 5 heteroatoms. The minimum Gasteiger partial charge on any atom is -0.355 e. The van der Waals surface area contributed by atoms with Crippen LogP contribution in [-0.4, -0.2) is 30.4 Å². The van der Waals surface area contributed by atoms with E-state index in [2.05, 4.69) is 15.6 Å². The first-order chi connectivity index (χ1) is 12.2. The van der Waals surface area contributed by atoms with E-state index in [0.29, 0.717) is 24.2 Å². The van der Waals surface area contributed by atoms with Crippen LogP contribution >= 0.6 is 0 Å². The zero-order valence-corrected chi connectivity index (χ0v) is 14.0. The Morgan fingerprint density at radius 1 is 1.00 bits per heavy atom. The van der Waals surface area contributed by atoms with Gasteiger partial charge in [-0.15, -0.1) is 0 Å². The minimum absolute atomic E-state index is 0.120. The quantitative estimate of drug-likeness (QED) is 0.754. The van der Waals surface area contributed by atoms with Crippen molar-refractivity contribution < 1.29 is 9.59 Å². The van der Waals surface area contributed by atoms with Gasteiger partial charge in [-0.3, -0.25) is 14.6 Å². The van der Waals surface area contributed by atoms with E-state index in [4.69, 9.17) is 0 Å². The number of hydrogen-bond donors (Lipinski definition) is 2. The third-order valence-corrected chi connectivity index (χ3v) is 4.00. The second-order valence-electron chi connectivity index (χ2n) is 5.67. The van der Waals surface area contributed by atoms with Crippen LogP contribution in [0.3, 0.4) is 0 Å². The Kier molecular flexibility index (Phi) is 5.04. The molecule has 5 nitrogen and oxygen atoms in total. The van der Waals surface area contributed by atoms with Gasteiger partial charge >= 0.3 is 0 Å². The number of carbonyl (C=O) groups is 2. The van der Waals surface area contributed by atoms with Crippen molar-refractivity contribution >= 4 is 22.6 Å². The predicted octanol–water partition coefficient (Wildman–Crippen LogP) is 2.57. The molecule has 126 valence electrons. The molecule has 2 aromatic carbocycles. The number of benzene rings is 2. The Morgan fingerprint density at radius 3 is 2.68 bits per heavy atom. The summed E-state index contributed by atoms with van der Waals surface area (Å²) >= 11 is 0. The summed E-state index contributed by atoms with van der Waals surface area (Å²) in [7, 11) is 1.60. The summed E-state index contributed by atoms with van der Waals surface area (Å²) in [5.74, 6) is -0.315. The fourth-order valence-electron chi connectivity index (χ4n) is 2.72. The van der Waals surface area contributed by atoms with Crippen molar-refractivity contribution in [3.63, 3.8) is 0 Å². The molecule has 3 aromatic rings. The molecular weight excluding hydrogens is 314 g/mol. The highest BCUT2D eigenvalue weighted by molar-refractivity contribution is 6.05. The maximum absolute atomic E-state index is 12.4. The molecule has 0 saturated heterocycles. The Hall–Kier alpha value is -3.21. The number of aromatic nitrogens is 1. The molecule has 0 aliphatic carbocycles. The molecule has 2 amide bonds. The zero-order chi connectivity index (χ0) is 17.6. The molecule has 1 aromatic heterocycles. The van der Waals surface area contributed by atoms with Gasteiger partial charge in [0.2, 0.25) is 0 Å². The van der Waals surface area contributed by atoms with E-state index in [1.165, 1.54) is 0 Å². The Labute approximate surface area is 146 Å². The van der Waals surface area contributed by atoms with Crippen molar-refractivity contribution in [3.8, 4) is 0 Å². The third kappa shape index (κ3) is 3.83. The standard InChI is InChI=1S/C20H19N3O2/c1-21-19(24)16-7-4-5-14(13-16)9-11-23-20(25)18-17-8-3-2-6-15(17)10-12-22-18/h2-8,10,12-13H,9,11H2,1H3,(H,21,24)(H,23,25). The highest BCUT2D eigenvalue weighted by atomic mass is 16.2. The molecule has 0 aliphatic rings. The van der Waals surface area contributed by atoms with Crippen molar-refractivity contribution in [2.45, 2.75) is 6.42 Å². The van der Waals surface area contributed by atoms with Gasteiger partial charge in [0.15, 0.2) is 0 Å². The van der Waals surface area contributed by atoms with Gasteiger partial charge in [0.25, 0.3) is 11.8 Å². The van der Waals surface area contributed by atoms with E-state index in [1.807, 2.05) is 48.5 Å². The van der Waals surface area contributed by atoms with Gasteiger partial charge in [-0.25, -0.2) is 0 Å². The van der Waals surface area contributed by atoms with Crippen molar-refractivity contribution in [2.24, 2.45) is 0 Å². The van der Waals surface area contributed by atoms with E-state index in [0.717, 1.165) is 16.3 Å². The van der Waals surface area contributed by atoms with Crippen LogP contribution in [0.2, 0.25) is 0 Å². The first-order valence-corrected chi connectivity index (χ1v) is 8.12. The highest BCUT2D eigenvalue weighted by Gasteiger charge is 2.11. The van der Waals surface area contributed by atoms with Crippen LogP contribution in [0.5, 0.6) is 0 Å². The fraction of sp³-hybridized carbons (Fsp3) is 0.150. The molecule has 0 spiro atoms. The molecule has 0 radical (unpaired) electrons. The molecule has 0 saturated carbocycles. The van der Waals surface area contributed by atoms with Crippen molar-refractivity contribution in [2.75, 3.05) is 13.6 Å². The van der Waals surface area contributed by atoms with Crippen LogP contribution in [0.4, 0.5) is 0 Å². The highest BCUT2D eigenvalue weighted by Crippen LogP contribution is 2.16. The fourth-order valence-corrected chi connectivity index (χ4v) is 2.72. The van der Waals surface area contributed by atoms with Crippen LogP contribution in [0.1, 0.15) is 26.4 Å². The number of nitrogens with zero attached hydrogens (tertiary/aromatic N) is 1. The third-order valence-electron chi connectivity index (χ3n) is 4.00. The second-order valence-corrected chi connectivity index (χ2v) is 5.67. The molecule has 25 heavy (non-hydrogen) atoms. The summed E-state index contributed by atoms with van der Waals surface area (Å²) in [6.45, 7) is 0.473. The lowest BCUT2D eigenvalue weighted by atomic mass is 10.1. The molecule has 0 bridgehead atoms. The van der Waals surface area contributed by atoms with E-state index in [9.17, 15) is 9.59 Å². The predicted molar refractivity (Wildman–Crippen MR) is 97.6 cm³/mol. The number of rotatable bonds is 5. The summed E-state index contributed by atoms with van der Waals surface area (Å²) in [5.41, 5.74) is 2.03. The summed E-state index contributed by atoms with van der Waals surface area (Å²) in [6, 6.07) is 16.9. The summed E-state index contributed by atoms with van der Waals surface area (Å²) in [4.78, 5) is 28.3. The largest absolute Gasteiger partial charge is 0.355 e. The van der Waals surface area contributed by atoms with E-state index in [-0.39, 0.29) is 11.8 Å². The second kappa shape index (κ2) is 7.57.